The zero-order valence-electron chi connectivity index (χ0n) is 15.2. The highest BCUT2D eigenvalue weighted by Gasteiger charge is 2.40. The molecule has 1 aromatic carbocycles. The van der Waals surface area contributed by atoms with E-state index in [0.717, 1.165) is 11.1 Å². The van der Waals surface area contributed by atoms with Crippen molar-refractivity contribution in [2.24, 2.45) is 0 Å². The van der Waals surface area contributed by atoms with Crippen molar-refractivity contribution in [1.29, 1.82) is 0 Å². The molecule has 0 bridgehead atoms. The van der Waals surface area contributed by atoms with Crippen molar-refractivity contribution in [3.05, 3.63) is 52.7 Å². The Bertz CT molecular complexity index is 1040. The number of carbonyl (C=O) groups excluding carboxylic acids is 1. The van der Waals surface area contributed by atoms with E-state index in [9.17, 15) is 4.79 Å². The highest BCUT2D eigenvalue weighted by Crippen LogP contribution is 2.36. The van der Waals surface area contributed by atoms with Gasteiger partial charge in [-0.1, -0.05) is 23.7 Å². The van der Waals surface area contributed by atoms with Crippen molar-refractivity contribution in [2.45, 2.75) is 25.8 Å². The molecule has 0 aliphatic carbocycles. The van der Waals surface area contributed by atoms with E-state index in [1.54, 1.807) is 24.1 Å². The van der Waals surface area contributed by atoms with E-state index in [1.807, 2.05) is 38.1 Å². The number of nitrogens with one attached hydrogen (secondary N) is 1. The number of amides is 1. The third-order valence-corrected chi connectivity index (χ3v) is 4.90. The molecule has 0 fully saturated rings. The minimum absolute atomic E-state index is 0.0898. The van der Waals surface area contributed by atoms with Gasteiger partial charge >= 0.3 is 0 Å². The van der Waals surface area contributed by atoms with Crippen LogP contribution in [0.25, 0.3) is 11.5 Å². The van der Waals surface area contributed by atoms with Crippen LogP contribution in [0.2, 0.25) is 5.02 Å². The monoisotopic (exact) mass is 383 g/mol. The van der Waals surface area contributed by atoms with Crippen LogP contribution in [0.4, 0.5) is 5.82 Å². The zero-order chi connectivity index (χ0) is 19.2. The number of halogens is 1. The molecule has 0 spiro atoms. The maximum absolute atomic E-state index is 12.1. The van der Waals surface area contributed by atoms with Gasteiger partial charge in [-0.15, -0.1) is 0 Å². The van der Waals surface area contributed by atoms with E-state index in [4.69, 9.17) is 16.3 Å². The molecule has 2 aromatic heterocycles. The lowest BCUT2D eigenvalue weighted by atomic mass is 9.88. The molecule has 27 heavy (non-hydrogen) atoms. The summed E-state index contributed by atoms with van der Waals surface area (Å²) in [5.41, 5.74) is 1.70. The van der Waals surface area contributed by atoms with Crippen LogP contribution in [-0.4, -0.2) is 32.8 Å². The molecule has 0 saturated carbocycles. The average Bonchev–Trinajstić information content (AvgIpc) is 3.13. The van der Waals surface area contributed by atoms with Gasteiger partial charge in [0.25, 0.3) is 0 Å². The first-order chi connectivity index (χ1) is 12.9. The Labute approximate surface area is 161 Å². The Morgan fingerprint density at radius 2 is 2.11 bits per heavy atom. The van der Waals surface area contributed by atoms with Gasteiger partial charge in [-0.05, 0) is 31.5 Å². The molecular formula is C19H18ClN5O2. The smallest absolute Gasteiger partial charge is 0.235 e. The van der Waals surface area contributed by atoms with Gasteiger partial charge in [0.15, 0.2) is 5.82 Å². The molecule has 8 heteroatoms. The van der Waals surface area contributed by atoms with E-state index in [0.29, 0.717) is 34.8 Å². The summed E-state index contributed by atoms with van der Waals surface area (Å²) in [5, 5.41) is 8.04. The number of nitrogens with zero attached hydrogens (tertiary/aromatic N) is 4. The number of anilines is 1. The van der Waals surface area contributed by atoms with Crippen LogP contribution < -0.4 is 10.1 Å². The highest BCUT2D eigenvalue weighted by molar-refractivity contribution is 6.30. The second kappa shape index (κ2) is 6.35. The van der Waals surface area contributed by atoms with Crippen molar-refractivity contribution in [3.8, 4) is 17.4 Å². The van der Waals surface area contributed by atoms with Gasteiger partial charge in [0.2, 0.25) is 11.8 Å². The number of ether oxygens (including phenoxy) is 1. The lowest BCUT2D eigenvalue weighted by Gasteiger charge is -2.13. The van der Waals surface area contributed by atoms with Gasteiger partial charge in [0.1, 0.15) is 11.5 Å². The van der Waals surface area contributed by atoms with E-state index >= 15 is 0 Å². The Morgan fingerprint density at radius 1 is 1.30 bits per heavy atom. The van der Waals surface area contributed by atoms with Crippen molar-refractivity contribution >= 4 is 23.3 Å². The van der Waals surface area contributed by atoms with E-state index in [2.05, 4.69) is 20.4 Å². The predicted octanol–water partition coefficient (Wildman–Crippen LogP) is 3.28. The topological polar surface area (TPSA) is 81.9 Å². The molecule has 0 saturated heterocycles. The Hall–Kier alpha value is -2.93. The second-order valence-electron chi connectivity index (χ2n) is 6.89. The van der Waals surface area contributed by atoms with Crippen LogP contribution in [0.1, 0.15) is 25.0 Å². The number of carbonyl (C=O) groups is 1. The van der Waals surface area contributed by atoms with Gasteiger partial charge in [0.05, 0.1) is 19.1 Å². The fourth-order valence-electron chi connectivity index (χ4n) is 3.04. The summed E-state index contributed by atoms with van der Waals surface area (Å²) < 4.78 is 7.16. The molecule has 3 heterocycles. The second-order valence-corrected chi connectivity index (χ2v) is 7.33. The number of hydrogen-bond acceptors (Lipinski definition) is 5. The minimum Gasteiger partial charge on any atom is -0.481 e. The van der Waals surface area contributed by atoms with Gasteiger partial charge < -0.3 is 10.1 Å². The lowest BCUT2D eigenvalue weighted by molar-refractivity contribution is -0.119. The van der Waals surface area contributed by atoms with Gasteiger partial charge in [-0.25, -0.2) is 14.6 Å². The summed E-state index contributed by atoms with van der Waals surface area (Å²) in [6.07, 6.45) is 1.68. The minimum atomic E-state index is -0.641. The number of methoxy groups -OCH3 is 1. The van der Waals surface area contributed by atoms with Gasteiger partial charge in [-0.3, -0.25) is 4.79 Å². The molecule has 4 rings (SSSR count). The molecule has 7 nitrogen and oxygen atoms in total. The van der Waals surface area contributed by atoms with E-state index in [-0.39, 0.29) is 5.91 Å². The molecule has 1 aliphatic rings. The molecule has 1 aliphatic heterocycles. The lowest BCUT2D eigenvalue weighted by Crippen LogP contribution is -2.26. The van der Waals surface area contributed by atoms with Crippen LogP contribution in [0.5, 0.6) is 5.88 Å². The van der Waals surface area contributed by atoms with Crippen molar-refractivity contribution in [1.82, 2.24) is 19.7 Å². The molecule has 138 valence electrons. The number of hydrogen-bond donors (Lipinski definition) is 1. The van der Waals surface area contributed by atoms with Crippen molar-refractivity contribution < 1.29 is 9.53 Å². The van der Waals surface area contributed by atoms with Crippen LogP contribution in [0.15, 0.2) is 36.5 Å². The highest BCUT2D eigenvalue weighted by atomic mass is 35.5. The normalized spacial score (nSPS) is 14.7. The molecule has 0 radical (unpaired) electrons. The SMILES string of the molecule is COc1cc(-c2ncc3c(n2)NC(=O)C3(C)C)nn1Cc1cccc(Cl)c1. The Balaban J connectivity index is 1.69. The van der Waals surface area contributed by atoms with Crippen LogP contribution in [0.3, 0.4) is 0 Å². The number of aromatic nitrogens is 4. The maximum atomic E-state index is 12.1. The summed E-state index contributed by atoms with van der Waals surface area (Å²) in [6.45, 7) is 4.19. The summed E-state index contributed by atoms with van der Waals surface area (Å²) in [5.74, 6) is 1.44. The molecular weight excluding hydrogens is 366 g/mol. The summed E-state index contributed by atoms with van der Waals surface area (Å²) in [4.78, 5) is 21.0. The van der Waals surface area contributed by atoms with Crippen molar-refractivity contribution in [3.63, 3.8) is 0 Å². The summed E-state index contributed by atoms with van der Waals surface area (Å²) in [7, 11) is 1.58. The first kappa shape index (κ1) is 17.5. The standard InChI is InChI=1S/C19H18ClN5O2/c1-19(2)13-9-21-17(22-16(13)23-18(19)26)14-8-15(27-3)25(24-14)10-11-5-4-6-12(20)7-11/h4-9H,10H2,1-3H3,(H,21,22,23,26). The predicted molar refractivity (Wildman–Crippen MR) is 102 cm³/mol. The average molecular weight is 384 g/mol. The number of rotatable bonds is 4. The van der Waals surface area contributed by atoms with Crippen LogP contribution >= 0.6 is 11.6 Å². The fraction of sp³-hybridized carbons (Fsp3) is 0.263. The Kier molecular flexibility index (Phi) is 4.11. The van der Waals surface area contributed by atoms with E-state index in [1.165, 1.54) is 0 Å². The fourth-order valence-corrected chi connectivity index (χ4v) is 3.25. The van der Waals surface area contributed by atoms with E-state index < -0.39 is 5.41 Å². The summed E-state index contributed by atoms with van der Waals surface area (Å²) in [6, 6.07) is 9.34. The zero-order valence-corrected chi connectivity index (χ0v) is 15.9. The first-order valence-electron chi connectivity index (χ1n) is 8.44. The third-order valence-electron chi connectivity index (χ3n) is 4.66. The van der Waals surface area contributed by atoms with Crippen LogP contribution in [0, 0.1) is 0 Å². The molecule has 1 N–H and O–H groups in total. The Morgan fingerprint density at radius 3 is 2.85 bits per heavy atom. The largest absolute Gasteiger partial charge is 0.481 e. The van der Waals surface area contributed by atoms with Gasteiger partial charge in [-0.2, -0.15) is 5.10 Å². The van der Waals surface area contributed by atoms with Crippen LogP contribution in [-0.2, 0) is 16.8 Å². The first-order valence-corrected chi connectivity index (χ1v) is 8.82. The number of fused-ring (bicyclic) bond motifs is 1. The molecule has 1 amide bonds. The third kappa shape index (κ3) is 3.04. The van der Waals surface area contributed by atoms with Crippen molar-refractivity contribution in [2.75, 3.05) is 12.4 Å². The summed E-state index contributed by atoms with van der Waals surface area (Å²) >= 11 is 6.06. The molecule has 3 aromatic rings. The quantitative estimate of drug-likeness (QED) is 0.747. The molecule has 0 unspecified atom stereocenters. The van der Waals surface area contributed by atoms with Gasteiger partial charge in [0, 0.05) is 22.8 Å². The number of benzene rings is 1. The maximum Gasteiger partial charge on any atom is 0.235 e. The molecule has 0 atom stereocenters.